The first-order valence-corrected chi connectivity index (χ1v) is 9.52. The van der Waals surface area contributed by atoms with Gasteiger partial charge in [0.1, 0.15) is 6.10 Å². The molecule has 0 aromatic rings. The molecular formula is C6H12O14S3. The molecule has 0 saturated carbocycles. The van der Waals surface area contributed by atoms with Crippen molar-refractivity contribution in [1.82, 2.24) is 0 Å². The predicted octanol–water partition coefficient (Wildman–Crippen LogP) is -2.71. The maximum Gasteiger partial charge on any atom is 0.397 e. The second-order valence-corrected chi connectivity index (χ2v) is 7.33. The van der Waals surface area contributed by atoms with Crippen LogP contribution in [-0.4, -0.2) is 75.2 Å². The Balaban J connectivity index is 2.93. The molecule has 1 fully saturated rings. The highest BCUT2D eigenvalue weighted by molar-refractivity contribution is 7.81. The molecule has 0 bridgehead atoms. The lowest BCUT2D eigenvalue weighted by Gasteiger charge is -2.36. The number of rotatable bonds is 7. The zero-order valence-electron chi connectivity index (χ0n) is 10.8. The van der Waals surface area contributed by atoms with Gasteiger partial charge in [0, 0.05) is 6.42 Å². The van der Waals surface area contributed by atoms with E-state index in [2.05, 4.69) is 17.3 Å². The molecule has 0 spiro atoms. The Morgan fingerprint density at radius 2 is 1.43 bits per heavy atom. The minimum atomic E-state index is -5.16. The van der Waals surface area contributed by atoms with Crippen molar-refractivity contribution < 1.29 is 61.3 Å². The van der Waals surface area contributed by atoms with Gasteiger partial charge in [0.2, 0.25) is 0 Å². The van der Waals surface area contributed by atoms with Crippen LogP contribution in [0, 0.1) is 0 Å². The van der Waals surface area contributed by atoms with Gasteiger partial charge in [0.15, 0.2) is 12.4 Å². The lowest BCUT2D eigenvalue weighted by atomic mass is 10.0. The van der Waals surface area contributed by atoms with Crippen LogP contribution >= 0.6 is 0 Å². The first kappa shape index (κ1) is 20.6. The smallest absolute Gasteiger partial charge is 0.366 e. The van der Waals surface area contributed by atoms with E-state index in [1.54, 1.807) is 0 Å². The minimum Gasteiger partial charge on any atom is -0.366 e. The van der Waals surface area contributed by atoms with Gasteiger partial charge < -0.3 is 9.84 Å². The van der Waals surface area contributed by atoms with Crippen molar-refractivity contribution in [3.63, 3.8) is 0 Å². The lowest BCUT2D eigenvalue weighted by Crippen LogP contribution is -2.53. The maximum atomic E-state index is 10.7. The van der Waals surface area contributed by atoms with E-state index < -0.39 is 68.8 Å². The summed E-state index contributed by atoms with van der Waals surface area (Å²) in [6.45, 7) is -0.903. The van der Waals surface area contributed by atoms with E-state index >= 15 is 0 Å². The third-order valence-corrected chi connectivity index (χ3v) is 3.75. The van der Waals surface area contributed by atoms with Gasteiger partial charge in [0.25, 0.3) is 0 Å². The van der Waals surface area contributed by atoms with Crippen molar-refractivity contribution in [3.05, 3.63) is 0 Å². The SMILES string of the molecule is O=S(=O)(O)OCC1C[C@@H](OS(=O)(=O)O)C(OS(=O)(=O)O)[C@@H](O)O1. The van der Waals surface area contributed by atoms with Crippen LogP contribution in [0.4, 0.5) is 0 Å². The summed E-state index contributed by atoms with van der Waals surface area (Å²) >= 11 is 0. The standard InChI is InChI=1S/C6H12O14S3/c7-6-5(20-23(14,15)16)4(19-22(11,12)13)1-3(18-6)2-17-21(8,9)10/h3-7H,1-2H2,(H,8,9,10)(H,11,12,13)(H,14,15,16)/t3?,4-,5?,6+/m1/s1. The average Bonchev–Trinajstić information content (AvgIpc) is 2.27. The summed E-state index contributed by atoms with van der Waals surface area (Å²) in [6.07, 6.45) is -8.28. The molecule has 1 aliphatic heterocycles. The molecule has 0 amide bonds. The largest absolute Gasteiger partial charge is 0.397 e. The number of aliphatic hydroxyl groups is 1. The Labute approximate surface area is 130 Å². The molecular weight excluding hydrogens is 392 g/mol. The van der Waals surface area contributed by atoms with Gasteiger partial charge in [-0.3, -0.25) is 13.7 Å². The van der Waals surface area contributed by atoms with Gasteiger partial charge in [0.05, 0.1) is 12.7 Å². The van der Waals surface area contributed by atoms with E-state index in [-0.39, 0.29) is 0 Å². The number of aliphatic hydroxyl groups excluding tert-OH is 1. The average molecular weight is 404 g/mol. The molecule has 1 rings (SSSR count). The van der Waals surface area contributed by atoms with Crippen molar-refractivity contribution in [1.29, 1.82) is 0 Å². The molecule has 4 N–H and O–H groups in total. The highest BCUT2D eigenvalue weighted by Gasteiger charge is 2.44. The van der Waals surface area contributed by atoms with Crippen LogP contribution in [0.15, 0.2) is 0 Å². The first-order chi connectivity index (χ1) is 10.2. The van der Waals surface area contributed by atoms with Crippen LogP contribution in [0.3, 0.4) is 0 Å². The number of ether oxygens (including phenoxy) is 1. The molecule has 1 aliphatic rings. The molecule has 23 heavy (non-hydrogen) atoms. The Morgan fingerprint density at radius 3 is 1.87 bits per heavy atom. The summed E-state index contributed by atoms with van der Waals surface area (Å²) in [6, 6.07) is 0. The third-order valence-electron chi connectivity index (χ3n) is 2.36. The summed E-state index contributed by atoms with van der Waals surface area (Å²) in [4.78, 5) is 0. The molecule has 2 unspecified atom stereocenters. The molecule has 0 aromatic heterocycles. The van der Waals surface area contributed by atoms with Crippen molar-refractivity contribution >= 4 is 31.2 Å². The summed E-state index contributed by atoms with van der Waals surface area (Å²) in [5, 5.41) is 9.55. The van der Waals surface area contributed by atoms with Gasteiger partial charge in [-0.2, -0.15) is 25.3 Å². The van der Waals surface area contributed by atoms with Gasteiger partial charge in [-0.1, -0.05) is 0 Å². The highest BCUT2D eigenvalue weighted by Crippen LogP contribution is 2.26. The minimum absolute atomic E-state index is 0.660. The van der Waals surface area contributed by atoms with Gasteiger partial charge in [-0.25, -0.2) is 12.5 Å². The van der Waals surface area contributed by atoms with Crippen LogP contribution in [-0.2, 0) is 48.5 Å². The maximum absolute atomic E-state index is 10.7. The topological polar surface area (TPSA) is 220 Å². The second kappa shape index (κ2) is 7.19. The summed E-state index contributed by atoms with van der Waals surface area (Å²) < 4.78 is 106. The quantitative estimate of drug-likeness (QED) is 0.317. The highest BCUT2D eigenvalue weighted by atomic mass is 32.3. The van der Waals surface area contributed by atoms with Crippen LogP contribution < -0.4 is 0 Å². The number of hydrogen-bond donors (Lipinski definition) is 4. The van der Waals surface area contributed by atoms with Gasteiger partial charge in [-0.15, -0.1) is 0 Å². The monoisotopic (exact) mass is 404 g/mol. The Morgan fingerprint density at radius 1 is 0.913 bits per heavy atom. The van der Waals surface area contributed by atoms with Crippen LogP contribution in [0.25, 0.3) is 0 Å². The van der Waals surface area contributed by atoms with Crippen LogP contribution in [0.2, 0.25) is 0 Å². The molecule has 138 valence electrons. The fraction of sp³-hybridized carbons (Fsp3) is 1.00. The fourth-order valence-corrected chi connectivity index (χ4v) is 3.00. The van der Waals surface area contributed by atoms with Crippen molar-refractivity contribution in [2.45, 2.75) is 31.0 Å². The summed E-state index contributed by atoms with van der Waals surface area (Å²) in [5.41, 5.74) is 0. The summed E-state index contributed by atoms with van der Waals surface area (Å²) in [7, 11) is -15.2. The van der Waals surface area contributed by atoms with Gasteiger partial charge in [-0.05, 0) is 0 Å². The second-order valence-electron chi connectivity index (χ2n) is 4.15. The third kappa shape index (κ3) is 8.26. The fourth-order valence-electron chi connectivity index (χ4n) is 1.68. The Bertz CT molecular complexity index is 706. The summed E-state index contributed by atoms with van der Waals surface area (Å²) in [5.74, 6) is 0. The molecule has 1 heterocycles. The van der Waals surface area contributed by atoms with E-state index in [4.69, 9.17) is 13.7 Å². The van der Waals surface area contributed by atoms with Crippen LogP contribution in [0.5, 0.6) is 0 Å². The molecule has 14 nitrogen and oxygen atoms in total. The molecule has 0 radical (unpaired) electrons. The molecule has 17 heteroatoms. The normalized spacial score (nSPS) is 30.3. The zero-order valence-corrected chi connectivity index (χ0v) is 13.3. The van der Waals surface area contributed by atoms with E-state index in [1.165, 1.54) is 0 Å². The van der Waals surface area contributed by atoms with Crippen molar-refractivity contribution in [3.8, 4) is 0 Å². The Kier molecular flexibility index (Phi) is 6.43. The van der Waals surface area contributed by atoms with E-state index in [0.717, 1.165) is 0 Å². The van der Waals surface area contributed by atoms with Crippen LogP contribution in [0.1, 0.15) is 6.42 Å². The molecule has 4 atom stereocenters. The van der Waals surface area contributed by atoms with E-state index in [0.29, 0.717) is 0 Å². The van der Waals surface area contributed by atoms with Gasteiger partial charge >= 0.3 is 31.2 Å². The predicted molar refractivity (Wildman–Crippen MR) is 65.8 cm³/mol. The van der Waals surface area contributed by atoms with E-state index in [9.17, 15) is 30.4 Å². The zero-order chi connectivity index (χ0) is 18.1. The lowest BCUT2D eigenvalue weighted by molar-refractivity contribution is -0.240. The molecule has 0 aliphatic carbocycles. The molecule has 1 saturated heterocycles. The van der Waals surface area contributed by atoms with Crippen molar-refractivity contribution in [2.75, 3.05) is 6.61 Å². The first-order valence-electron chi connectivity index (χ1n) is 5.43. The van der Waals surface area contributed by atoms with E-state index in [1.807, 2.05) is 0 Å². The number of hydrogen-bond acceptors (Lipinski definition) is 11. The Hall–Kier alpha value is -0.470. The van der Waals surface area contributed by atoms with Crippen molar-refractivity contribution in [2.24, 2.45) is 0 Å². The molecule has 0 aromatic carbocycles.